The Labute approximate surface area is 292 Å². The molecule has 10 nitrogen and oxygen atoms in total. The van der Waals surface area contributed by atoms with Gasteiger partial charge in [-0.1, -0.05) is 87.4 Å². The molecule has 4 aromatic carbocycles. The lowest BCUT2D eigenvalue weighted by Crippen LogP contribution is -2.07. The SMILES string of the molecule is Cc1ccc(-c2cc(C(=O)O)cc(-n3c(C)nnc3C(C)C)c2)cc1.Cc1ccc(-c2cc(C(=O)O)cc(-n3c(C)nnc3C(C)C)c2)cc1. The summed E-state index contributed by atoms with van der Waals surface area (Å²) in [4.78, 5) is 23.2. The van der Waals surface area contributed by atoms with Crippen LogP contribution >= 0.6 is 0 Å². The molecule has 10 heteroatoms. The fourth-order valence-corrected chi connectivity index (χ4v) is 5.70. The fraction of sp³-hybridized carbons (Fsp3) is 0.250. The summed E-state index contributed by atoms with van der Waals surface area (Å²) in [5, 5.41) is 35.9. The molecule has 0 aliphatic carbocycles. The molecule has 0 atom stereocenters. The number of hydrogen-bond acceptors (Lipinski definition) is 6. The Kier molecular flexibility index (Phi) is 10.4. The van der Waals surface area contributed by atoms with Crippen molar-refractivity contribution in [3.05, 3.63) is 130 Å². The van der Waals surface area contributed by atoms with Crippen LogP contribution in [0.25, 0.3) is 33.6 Å². The third-order valence-electron chi connectivity index (χ3n) is 8.35. The predicted octanol–water partition coefficient (Wildman–Crippen LogP) is 8.75. The molecule has 0 saturated heterocycles. The number of carboxylic acid groups (broad SMARTS) is 2. The number of rotatable bonds is 8. The van der Waals surface area contributed by atoms with E-state index in [9.17, 15) is 19.8 Å². The number of nitrogens with zero attached hydrogens (tertiary/aromatic N) is 6. The molecule has 256 valence electrons. The molecule has 0 bridgehead atoms. The average molecular weight is 671 g/mol. The number of hydrogen-bond donors (Lipinski definition) is 2. The topological polar surface area (TPSA) is 136 Å². The summed E-state index contributed by atoms with van der Waals surface area (Å²) in [5.41, 5.74) is 8.02. The Bertz CT molecular complexity index is 2000. The van der Waals surface area contributed by atoms with Gasteiger partial charge in [0.05, 0.1) is 22.5 Å². The first-order valence-electron chi connectivity index (χ1n) is 16.5. The van der Waals surface area contributed by atoms with Crippen LogP contribution in [0.3, 0.4) is 0 Å². The number of aryl methyl sites for hydroxylation is 4. The molecule has 2 aromatic heterocycles. The van der Waals surface area contributed by atoms with Crippen molar-refractivity contribution in [2.75, 3.05) is 0 Å². The van der Waals surface area contributed by atoms with Gasteiger partial charge >= 0.3 is 11.9 Å². The van der Waals surface area contributed by atoms with Crippen LogP contribution in [0.5, 0.6) is 0 Å². The Hall–Kier alpha value is -5.90. The highest BCUT2D eigenvalue weighted by Crippen LogP contribution is 2.29. The van der Waals surface area contributed by atoms with E-state index in [1.165, 1.54) is 0 Å². The van der Waals surface area contributed by atoms with Crippen molar-refractivity contribution in [2.45, 2.75) is 67.2 Å². The molecule has 0 amide bonds. The molecule has 0 spiro atoms. The molecular formula is C40H42N6O4. The van der Waals surface area contributed by atoms with E-state index in [2.05, 4.69) is 20.4 Å². The van der Waals surface area contributed by atoms with E-state index in [-0.39, 0.29) is 23.0 Å². The van der Waals surface area contributed by atoms with E-state index in [0.29, 0.717) is 0 Å². The zero-order valence-corrected chi connectivity index (χ0v) is 29.6. The van der Waals surface area contributed by atoms with Crippen molar-refractivity contribution in [3.8, 4) is 33.6 Å². The van der Waals surface area contributed by atoms with Crippen LogP contribution in [0.4, 0.5) is 0 Å². The van der Waals surface area contributed by atoms with E-state index >= 15 is 0 Å². The highest BCUT2D eigenvalue weighted by molar-refractivity contribution is 5.91. The van der Waals surface area contributed by atoms with Crippen molar-refractivity contribution >= 4 is 11.9 Å². The van der Waals surface area contributed by atoms with Gasteiger partial charge in [-0.3, -0.25) is 9.13 Å². The van der Waals surface area contributed by atoms with Gasteiger partial charge in [-0.05, 0) is 86.3 Å². The Balaban J connectivity index is 0.000000194. The number of benzene rings is 4. The molecule has 0 aliphatic rings. The predicted molar refractivity (Wildman–Crippen MR) is 195 cm³/mol. The Morgan fingerprint density at radius 3 is 1.14 bits per heavy atom. The molecule has 0 unspecified atom stereocenters. The van der Waals surface area contributed by atoms with Crippen LogP contribution in [0.2, 0.25) is 0 Å². The second-order valence-electron chi connectivity index (χ2n) is 13.1. The molecule has 50 heavy (non-hydrogen) atoms. The molecule has 6 aromatic rings. The zero-order valence-electron chi connectivity index (χ0n) is 29.6. The third-order valence-corrected chi connectivity index (χ3v) is 8.35. The van der Waals surface area contributed by atoms with Crippen LogP contribution in [0.15, 0.2) is 84.9 Å². The highest BCUT2D eigenvalue weighted by Gasteiger charge is 2.18. The van der Waals surface area contributed by atoms with Crippen LogP contribution in [0.1, 0.15) is 94.7 Å². The summed E-state index contributed by atoms with van der Waals surface area (Å²) in [6.45, 7) is 16.0. The van der Waals surface area contributed by atoms with E-state index in [1.807, 2.05) is 125 Å². The number of carboxylic acids is 2. The maximum atomic E-state index is 11.6. The Morgan fingerprint density at radius 2 is 0.840 bits per heavy atom. The summed E-state index contributed by atoms with van der Waals surface area (Å²) >= 11 is 0. The number of aromatic carboxylic acids is 2. The van der Waals surface area contributed by atoms with Crippen LogP contribution < -0.4 is 0 Å². The standard InChI is InChI=1S/2C20H21N3O2/c2*1-12(2)19-22-21-14(4)23(19)18-10-16(9-17(11-18)20(24)25)15-7-5-13(3)6-8-15/h2*5-12H,1-4H3,(H,24,25). The second-order valence-corrected chi connectivity index (χ2v) is 13.1. The van der Waals surface area contributed by atoms with E-state index in [4.69, 9.17) is 0 Å². The van der Waals surface area contributed by atoms with Crippen molar-refractivity contribution in [1.29, 1.82) is 0 Å². The number of aromatic nitrogens is 6. The van der Waals surface area contributed by atoms with E-state index < -0.39 is 11.9 Å². The van der Waals surface area contributed by atoms with Crippen LogP contribution in [-0.4, -0.2) is 51.7 Å². The van der Waals surface area contributed by atoms with Gasteiger partial charge < -0.3 is 10.2 Å². The lowest BCUT2D eigenvalue weighted by molar-refractivity contribution is 0.0686. The minimum Gasteiger partial charge on any atom is -0.478 e. The van der Waals surface area contributed by atoms with Crippen molar-refractivity contribution in [1.82, 2.24) is 29.5 Å². The first kappa shape index (κ1) is 35.4. The van der Waals surface area contributed by atoms with Gasteiger partial charge in [0, 0.05) is 11.8 Å². The molecule has 2 N–H and O–H groups in total. The van der Waals surface area contributed by atoms with Gasteiger partial charge in [0.15, 0.2) is 0 Å². The monoisotopic (exact) mass is 670 g/mol. The van der Waals surface area contributed by atoms with E-state index in [0.717, 1.165) is 68.1 Å². The van der Waals surface area contributed by atoms with Crippen molar-refractivity contribution < 1.29 is 19.8 Å². The summed E-state index contributed by atoms with van der Waals surface area (Å²) in [6.07, 6.45) is 0. The average Bonchev–Trinajstić information content (AvgIpc) is 3.68. The van der Waals surface area contributed by atoms with E-state index in [1.54, 1.807) is 24.3 Å². The molecule has 0 aliphatic heterocycles. The van der Waals surface area contributed by atoms with Gasteiger partial charge in [-0.15, -0.1) is 20.4 Å². The molecule has 0 fully saturated rings. The fourth-order valence-electron chi connectivity index (χ4n) is 5.70. The molecule has 6 rings (SSSR count). The molecular weight excluding hydrogens is 628 g/mol. The summed E-state index contributed by atoms with van der Waals surface area (Å²) in [5.74, 6) is 1.56. The molecule has 0 saturated carbocycles. The first-order chi connectivity index (χ1) is 23.7. The maximum Gasteiger partial charge on any atom is 0.335 e. The van der Waals surface area contributed by atoms with Gasteiger partial charge in [0.1, 0.15) is 23.3 Å². The lowest BCUT2D eigenvalue weighted by atomic mass is 10.0. The van der Waals surface area contributed by atoms with Crippen LogP contribution in [0, 0.1) is 27.7 Å². The normalized spacial score (nSPS) is 11.1. The largest absolute Gasteiger partial charge is 0.478 e. The third kappa shape index (κ3) is 7.70. The highest BCUT2D eigenvalue weighted by atomic mass is 16.4. The maximum absolute atomic E-state index is 11.6. The second kappa shape index (κ2) is 14.7. The van der Waals surface area contributed by atoms with Gasteiger partial charge in [0.25, 0.3) is 0 Å². The van der Waals surface area contributed by atoms with Crippen molar-refractivity contribution in [3.63, 3.8) is 0 Å². The zero-order chi connectivity index (χ0) is 36.3. The smallest absolute Gasteiger partial charge is 0.335 e. The lowest BCUT2D eigenvalue weighted by Gasteiger charge is -2.14. The van der Waals surface area contributed by atoms with Gasteiger partial charge in [-0.25, -0.2) is 9.59 Å². The summed E-state index contributed by atoms with van der Waals surface area (Å²) < 4.78 is 3.85. The summed E-state index contributed by atoms with van der Waals surface area (Å²) in [7, 11) is 0. The number of carbonyl (C=O) groups is 2. The summed E-state index contributed by atoms with van der Waals surface area (Å²) in [6, 6.07) is 26.8. The minimum atomic E-state index is -0.952. The Morgan fingerprint density at radius 1 is 0.500 bits per heavy atom. The van der Waals surface area contributed by atoms with Crippen LogP contribution in [-0.2, 0) is 0 Å². The van der Waals surface area contributed by atoms with Gasteiger partial charge in [-0.2, -0.15) is 0 Å². The molecule has 0 radical (unpaired) electrons. The first-order valence-corrected chi connectivity index (χ1v) is 16.5. The van der Waals surface area contributed by atoms with Crippen molar-refractivity contribution in [2.24, 2.45) is 0 Å². The van der Waals surface area contributed by atoms with Gasteiger partial charge in [0.2, 0.25) is 0 Å². The quantitative estimate of drug-likeness (QED) is 0.164. The molecule has 2 heterocycles. The minimum absolute atomic E-state index is 0.178.